The second kappa shape index (κ2) is 11.3. The molecule has 2 aromatic rings. The van der Waals surface area contributed by atoms with Gasteiger partial charge in [-0.25, -0.2) is 9.98 Å². The Labute approximate surface area is 233 Å². The van der Waals surface area contributed by atoms with Crippen LogP contribution in [-0.2, 0) is 5.41 Å². The van der Waals surface area contributed by atoms with Gasteiger partial charge < -0.3 is 0 Å². The average molecular weight is 512 g/mol. The van der Waals surface area contributed by atoms with Gasteiger partial charge in [0.25, 0.3) is 0 Å². The first-order chi connectivity index (χ1) is 18.9. The van der Waals surface area contributed by atoms with Crippen LogP contribution in [-0.4, -0.2) is 17.9 Å². The van der Waals surface area contributed by atoms with Crippen LogP contribution >= 0.6 is 0 Å². The molecule has 0 saturated carbocycles. The Bertz CT molecular complexity index is 1500. The van der Waals surface area contributed by atoms with Crippen LogP contribution in [0.4, 0.5) is 0 Å². The highest BCUT2D eigenvalue weighted by molar-refractivity contribution is 6.12. The van der Waals surface area contributed by atoms with E-state index in [1.54, 1.807) is 0 Å². The standard InChI is InChI=1S/C36H37N3/c1-5-6-12-25(2)34(37)39-35(38-24-26-13-8-7-9-14-26)28-19-17-27(18-20-28)29-21-22-33-31(23-29)30-15-10-11-16-32(30)36(33,3)4/h5-13,15-22,24,26,29,37H,14,23H2,1-4H3/b6-5-,25-12+,37-34?,38-24+,39-35-/t26?,29-/m0/s1. The van der Waals surface area contributed by atoms with Gasteiger partial charge in [-0.3, -0.25) is 5.41 Å². The van der Waals surface area contributed by atoms with Gasteiger partial charge in [0.1, 0.15) is 5.84 Å². The minimum absolute atomic E-state index is 0.0495. The summed E-state index contributed by atoms with van der Waals surface area (Å²) in [6, 6.07) is 17.5. The molecule has 3 aliphatic rings. The van der Waals surface area contributed by atoms with Gasteiger partial charge in [0.2, 0.25) is 0 Å². The minimum atomic E-state index is 0.0495. The summed E-state index contributed by atoms with van der Waals surface area (Å²) in [5, 5.41) is 8.54. The van der Waals surface area contributed by atoms with Gasteiger partial charge in [-0.15, -0.1) is 0 Å². The number of hydrogen-bond donors (Lipinski definition) is 1. The van der Waals surface area contributed by atoms with E-state index >= 15 is 0 Å². The summed E-state index contributed by atoms with van der Waals surface area (Å²) in [5.74, 6) is 1.35. The van der Waals surface area contributed by atoms with E-state index in [1.165, 1.54) is 27.8 Å². The van der Waals surface area contributed by atoms with Crippen molar-refractivity contribution >= 4 is 23.5 Å². The van der Waals surface area contributed by atoms with Crippen LogP contribution in [0.2, 0.25) is 0 Å². The molecule has 0 amide bonds. The summed E-state index contributed by atoms with van der Waals surface area (Å²) < 4.78 is 0. The summed E-state index contributed by atoms with van der Waals surface area (Å²) in [7, 11) is 0. The van der Waals surface area contributed by atoms with Gasteiger partial charge in [-0.2, -0.15) is 0 Å². The predicted octanol–water partition coefficient (Wildman–Crippen LogP) is 8.92. The van der Waals surface area contributed by atoms with Crippen molar-refractivity contribution in [1.82, 2.24) is 0 Å². The topological polar surface area (TPSA) is 48.6 Å². The van der Waals surface area contributed by atoms with Crippen LogP contribution in [0.3, 0.4) is 0 Å². The van der Waals surface area contributed by atoms with Crippen LogP contribution < -0.4 is 0 Å². The van der Waals surface area contributed by atoms with E-state index in [-0.39, 0.29) is 17.2 Å². The van der Waals surface area contributed by atoms with Crippen molar-refractivity contribution in [2.45, 2.75) is 51.9 Å². The maximum atomic E-state index is 8.54. The number of amidine groups is 2. The van der Waals surface area contributed by atoms with Crippen molar-refractivity contribution < 1.29 is 0 Å². The van der Waals surface area contributed by atoms with Gasteiger partial charge in [-0.05, 0) is 60.1 Å². The zero-order valence-corrected chi connectivity index (χ0v) is 23.4. The molecule has 1 N–H and O–H groups in total. The normalized spacial score (nSPS) is 22.2. The first kappa shape index (κ1) is 26.5. The molecule has 5 rings (SSSR count). The van der Waals surface area contributed by atoms with Crippen molar-refractivity contribution in [2.24, 2.45) is 15.9 Å². The van der Waals surface area contributed by atoms with Crippen LogP contribution in [0.1, 0.15) is 68.7 Å². The fourth-order valence-corrected chi connectivity index (χ4v) is 5.65. The molecule has 1 unspecified atom stereocenters. The first-order valence-electron chi connectivity index (χ1n) is 13.8. The molecule has 3 nitrogen and oxygen atoms in total. The molecule has 0 bridgehead atoms. The van der Waals surface area contributed by atoms with E-state index < -0.39 is 0 Å². The lowest BCUT2D eigenvalue weighted by molar-refractivity contribution is 0.649. The van der Waals surface area contributed by atoms with E-state index in [0.717, 1.165) is 24.0 Å². The summed E-state index contributed by atoms with van der Waals surface area (Å²) >= 11 is 0. The monoisotopic (exact) mass is 511 g/mol. The quantitative estimate of drug-likeness (QED) is 0.237. The summed E-state index contributed by atoms with van der Waals surface area (Å²) in [6.45, 7) is 8.54. The molecule has 3 aliphatic carbocycles. The Hall–Kier alpha value is -4.11. The van der Waals surface area contributed by atoms with E-state index in [2.05, 4.69) is 104 Å². The molecule has 0 radical (unpaired) electrons. The Balaban J connectivity index is 1.41. The van der Waals surface area contributed by atoms with Crippen molar-refractivity contribution in [3.05, 3.63) is 137 Å². The fraction of sp³-hybridized carbons (Fsp3) is 0.250. The molecule has 2 aromatic carbocycles. The Morgan fingerprint density at radius 1 is 1.03 bits per heavy atom. The van der Waals surface area contributed by atoms with Crippen molar-refractivity contribution in [1.29, 1.82) is 5.41 Å². The van der Waals surface area contributed by atoms with Gasteiger partial charge in [-0.1, -0.05) is 117 Å². The van der Waals surface area contributed by atoms with Crippen molar-refractivity contribution in [3.8, 4) is 0 Å². The van der Waals surface area contributed by atoms with E-state index in [1.807, 2.05) is 38.3 Å². The van der Waals surface area contributed by atoms with E-state index in [0.29, 0.717) is 11.8 Å². The molecule has 0 aromatic heterocycles. The zero-order chi connectivity index (χ0) is 27.4. The van der Waals surface area contributed by atoms with E-state index in [4.69, 9.17) is 10.4 Å². The summed E-state index contributed by atoms with van der Waals surface area (Å²) in [6.07, 6.45) is 22.8. The summed E-state index contributed by atoms with van der Waals surface area (Å²) in [4.78, 5) is 9.43. The highest BCUT2D eigenvalue weighted by atomic mass is 14.9. The maximum Gasteiger partial charge on any atom is 0.161 e. The molecule has 2 atom stereocenters. The van der Waals surface area contributed by atoms with Crippen LogP contribution in [0.25, 0.3) is 5.57 Å². The average Bonchev–Trinajstić information content (AvgIpc) is 3.20. The molecular weight excluding hydrogens is 474 g/mol. The summed E-state index contributed by atoms with van der Waals surface area (Å²) in [5.41, 5.74) is 8.81. The Kier molecular flexibility index (Phi) is 7.70. The number of benzene rings is 2. The number of nitrogens with one attached hydrogen (secondary N) is 1. The van der Waals surface area contributed by atoms with Gasteiger partial charge in [0.05, 0.1) is 0 Å². The number of aliphatic imine (C=N–C) groups is 2. The number of nitrogens with zero attached hydrogens (tertiary/aromatic N) is 2. The molecule has 3 heteroatoms. The highest BCUT2D eigenvalue weighted by Gasteiger charge is 2.38. The number of fused-ring (bicyclic) bond motifs is 2. The van der Waals surface area contributed by atoms with Crippen molar-refractivity contribution in [3.63, 3.8) is 0 Å². The zero-order valence-electron chi connectivity index (χ0n) is 23.4. The molecule has 196 valence electrons. The van der Waals surface area contributed by atoms with Crippen molar-refractivity contribution in [2.75, 3.05) is 0 Å². The Morgan fingerprint density at radius 2 is 1.82 bits per heavy atom. The number of hydrogen-bond acceptors (Lipinski definition) is 1. The smallest absolute Gasteiger partial charge is 0.161 e. The second-order valence-electron chi connectivity index (χ2n) is 11.0. The lowest BCUT2D eigenvalue weighted by atomic mass is 9.78. The largest absolute Gasteiger partial charge is 0.283 e. The van der Waals surface area contributed by atoms with E-state index in [9.17, 15) is 0 Å². The number of rotatable bonds is 5. The maximum absolute atomic E-state index is 8.54. The lowest BCUT2D eigenvalue weighted by Crippen LogP contribution is -2.17. The molecule has 0 fully saturated rings. The highest BCUT2D eigenvalue weighted by Crippen LogP contribution is 2.51. The van der Waals surface area contributed by atoms with Crippen LogP contribution in [0.5, 0.6) is 0 Å². The molecule has 0 saturated heterocycles. The Morgan fingerprint density at radius 3 is 2.56 bits per heavy atom. The molecular formula is C36H37N3. The molecule has 39 heavy (non-hydrogen) atoms. The number of allylic oxidation sites excluding steroid dienone is 11. The predicted molar refractivity (Wildman–Crippen MR) is 167 cm³/mol. The third-order valence-corrected chi connectivity index (χ3v) is 7.97. The fourth-order valence-electron chi connectivity index (χ4n) is 5.65. The minimum Gasteiger partial charge on any atom is -0.283 e. The SMILES string of the molecule is C/C=C\C=C(/C)C(=N)/N=C(\N=C\C1C=CC=CC1)c1ccc([C@H]2C=CC3=C(C2)c2ccccc2C3(C)C)cc1. The third kappa shape index (κ3) is 5.54. The second-order valence-corrected chi connectivity index (χ2v) is 11.0. The molecule has 0 aliphatic heterocycles. The van der Waals surface area contributed by atoms with Gasteiger partial charge in [0, 0.05) is 29.0 Å². The van der Waals surface area contributed by atoms with Crippen LogP contribution in [0, 0.1) is 11.3 Å². The molecule has 0 heterocycles. The third-order valence-electron chi connectivity index (χ3n) is 7.97. The van der Waals surface area contributed by atoms with Crippen LogP contribution in [0.15, 0.2) is 124 Å². The van der Waals surface area contributed by atoms with Gasteiger partial charge in [0.15, 0.2) is 5.84 Å². The lowest BCUT2D eigenvalue weighted by Gasteiger charge is -2.26. The molecule has 0 spiro atoms. The van der Waals surface area contributed by atoms with Gasteiger partial charge >= 0.3 is 0 Å². The first-order valence-corrected chi connectivity index (χ1v) is 13.8.